The molecule has 0 aromatic carbocycles. The summed E-state index contributed by atoms with van der Waals surface area (Å²) < 4.78 is 0. The Morgan fingerprint density at radius 2 is 1.43 bits per heavy atom. The Balaban J connectivity index is 0.00000242. The summed E-state index contributed by atoms with van der Waals surface area (Å²) in [7, 11) is 1.90. The maximum absolute atomic E-state index is 12.1. The van der Waals surface area contributed by atoms with E-state index in [1.54, 1.807) is 0 Å². The molecule has 2 amide bonds. The average molecular weight is 369 g/mol. The molecule has 8 heteroatoms. The second-order valence-electron chi connectivity index (χ2n) is 5.95. The van der Waals surface area contributed by atoms with E-state index < -0.39 is 0 Å². The Kier molecular flexibility index (Phi) is 11.6. The van der Waals surface area contributed by atoms with Crippen molar-refractivity contribution in [3.8, 4) is 0 Å². The maximum atomic E-state index is 12.1. The maximum Gasteiger partial charge on any atom is 0.236 e. The highest BCUT2D eigenvalue weighted by atomic mass is 35.5. The predicted molar refractivity (Wildman–Crippen MR) is 96.5 cm³/mol. The third kappa shape index (κ3) is 7.25. The molecular weight excluding hydrogens is 339 g/mol. The molecule has 0 aromatic heterocycles. The largest absolute Gasteiger partial charge is 0.342 e. The van der Waals surface area contributed by atoms with Gasteiger partial charge in [-0.1, -0.05) is 0 Å². The summed E-state index contributed by atoms with van der Waals surface area (Å²) in [5.41, 5.74) is 0. The zero-order valence-electron chi connectivity index (χ0n) is 14.0. The lowest BCUT2D eigenvalue weighted by molar-refractivity contribution is -0.134. The molecule has 2 aliphatic rings. The van der Waals surface area contributed by atoms with Crippen LogP contribution in [0.2, 0.25) is 0 Å². The van der Waals surface area contributed by atoms with Crippen LogP contribution in [0, 0.1) is 0 Å². The summed E-state index contributed by atoms with van der Waals surface area (Å²) in [6.45, 7) is 6.38. The lowest BCUT2D eigenvalue weighted by atomic mass is 10.2. The van der Waals surface area contributed by atoms with Crippen LogP contribution in [0.15, 0.2) is 0 Å². The molecule has 23 heavy (non-hydrogen) atoms. The molecule has 0 aliphatic carbocycles. The molecule has 0 aromatic rings. The van der Waals surface area contributed by atoms with Crippen molar-refractivity contribution in [3.63, 3.8) is 0 Å². The van der Waals surface area contributed by atoms with E-state index in [0.717, 1.165) is 65.1 Å². The van der Waals surface area contributed by atoms with E-state index in [2.05, 4.69) is 10.2 Å². The molecule has 2 saturated heterocycles. The van der Waals surface area contributed by atoms with Gasteiger partial charge in [0.15, 0.2) is 0 Å². The zero-order chi connectivity index (χ0) is 15.1. The van der Waals surface area contributed by atoms with Crippen LogP contribution in [-0.2, 0) is 9.59 Å². The summed E-state index contributed by atoms with van der Waals surface area (Å²) >= 11 is 0. The van der Waals surface area contributed by atoms with Gasteiger partial charge in [-0.25, -0.2) is 0 Å². The van der Waals surface area contributed by atoms with Gasteiger partial charge in [-0.15, -0.1) is 24.8 Å². The van der Waals surface area contributed by atoms with Gasteiger partial charge in [0.1, 0.15) is 0 Å². The zero-order valence-corrected chi connectivity index (χ0v) is 15.6. The molecule has 2 rings (SSSR count). The van der Waals surface area contributed by atoms with Crippen molar-refractivity contribution in [3.05, 3.63) is 0 Å². The van der Waals surface area contributed by atoms with E-state index in [9.17, 15) is 9.59 Å². The number of rotatable bonds is 6. The van der Waals surface area contributed by atoms with E-state index in [1.807, 2.05) is 16.8 Å². The number of carbonyl (C=O) groups is 2. The SMILES string of the molecule is CNCCCC(=O)N1CCN(CC(=O)N2CCCC2)CC1.Cl.Cl. The number of halogens is 2. The Bertz CT molecular complexity index is 357. The molecule has 6 nitrogen and oxygen atoms in total. The second kappa shape index (κ2) is 11.9. The van der Waals surface area contributed by atoms with Gasteiger partial charge < -0.3 is 15.1 Å². The third-order valence-electron chi connectivity index (χ3n) is 4.36. The van der Waals surface area contributed by atoms with E-state index >= 15 is 0 Å². The quantitative estimate of drug-likeness (QED) is 0.697. The van der Waals surface area contributed by atoms with Crippen molar-refractivity contribution in [1.82, 2.24) is 20.0 Å². The van der Waals surface area contributed by atoms with Crippen LogP contribution in [-0.4, -0.2) is 85.9 Å². The fraction of sp³-hybridized carbons (Fsp3) is 0.867. The number of hydrogen-bond acceptors (Lipinski definition) is 4. The molecule has 136 valence electrons. The van der Waals surface area contributed by atoms with Crippen LogP contribution < -0.4 is 5.32 Å². The van der Waals surface area contributed by atoms with Gasteiger partial charge in [0.25, 0.3) is 0 Å². The molecular formula is C15H30Cl2N4O2. The number of likely N-dealkylation sites (tertiary alicyclic amines) is 1. The summed E-state index contributed by atoms with van der Waals surface area (Å²) in [4.78, 5) is 30.2. The first-order chi connectivity index (χ1) is 10.2. The van der Waals surface area contributed by atoms with E-state index in [1.165, 1.54) is 0 Å². The third-order valence-corrected chi connectivity index (χ3v) is 4.36. The molecule has 0 bridgehead atoms. The minimum absolute atomic E-state index is 0. The Morgan fingerprint density at radius 1 is 0.870 bits per heavy atom. The van der Waals surface area contributed by atoms with Gasteiger partial charge >= 0.3 is 0 Å². The van der Waals surface area contributed by atoms with Crippen LogP contribution in [0.3, 0.4) is 0 Å². The molecule has 1 N–H and O–H groups in total. The summed E-state index contributed by atoms with van der Waals surface area (Å²) in [6.07, 6.45) is 3.79. The second-order valence-corrected chi connectivity index (χ2v) is 5.95. The van der Waals surface area contributed by atoms with Crippen molar-refractivity contribution in [2.75, 3.05) is 59.4 Å². The predicted octanol–water partition coefficient (Wildman–Crippen LogP) is 0.596. The standard InChI is InChI=1S/C15H28N4O2.2ClH/c1-16-6-4-5-14(20)19-11-9-17(10-12-19)13-15(21)18-7-2-3-8-18;;/h16H,2-13H2,1H3;2*1H. The highest BCUT2D eigenvalue weighted by Gasteiger charge is 2.24. The number of nitrogens with one attached hydrogen (secondary N) is 1. The molecule has 2 heterocycles. The first-order valence-corrected chi connectivity index (χ1v) is 8.13. The van der Waals surface area contributed by atoms with Crippen LogP contribution >= 0.6 is 24.8 Å². The van der Waals surface area contributed by atoms with Gasteiger partial charge in [-0.05, 0) is 32.9 Å². The number of hydrogen-bond donors (Lipinski definition) is 1. The normalized spacial score (nSPS) is 18.3. The monoisotopic (exact) mass is 368 g/mol. The van der Waals surface area contributed by atoms with Gasteiger partial charge in [-0.2, -0.15) is 0 Å². The molecule has 2 aliphatic heterocycles. The van der Waals surface area contributed by atoms with Crippen LogP contribution in [0.25, 0.3) is 0 Å². The minimum Gasteiger partial charge on any atom is -0.342 e. The van der Waals surface area contributed by atoms with Crippen molar-refractivity contribution >= 4 is 36.6 Å². The van der Waals surface area contributed by atoms with E-state index in [4.69, 9.17) is 0 Å². The van der Waals surface area contributed by atoms with Gasteiger partial charge in [0, 0.05) is 45.7 Å². The number of amides is 2. The lowest BCUT2D eigenvalue weighted by Crippen LogP contribution is -2.51. The first-order valence-electron chi connectivity index (χ1n) is 8.13. The smallest absolute Gasteiger partial charge is 0.236 e. The topological polar surface area (TPSA) is 55.9 Å². The molecule has 2 fully saturated rings. The summed E-state index contributed by atoms with van der Waals surface area (Å²) in [5.74, 6) is 0.497. The van der Waals surface area contributed by atoms with Gasteiger partial charge in [0.2, 0.25) is 11.8 Å². The van der Waals surface area contributed by atoms with Crippen LogP contribution in [0.4, 0.5) is 0 Å². The van der Waals surface area contributed by atoms with Gasteiger partial charge in [0.05, 0.1) is 6.54 Å². The van der Waals surface area contributed by atoms with Crippen molar-refractivity contribution < 1.29 is 9.59 Å². The van der Waals surface area contributed by atoms with Crippen molar-refractivity contribution in [2.24, 2.45) is 0 Å². The Labute approximate surface area is 151 Å². The van der Waals surface area contributed by atoms with Crippen LogP contribution in [0.1, 0.15) is 25.7 Å². The summed E-state index contributed by atoms with van der Waals surface area (Å²) in [6, 6.07) is 0. The van der Waals surface area contributed by atoms with E-state index in [0.29, 0.717) is 13.0 Å². The molecule has 0 radical (unpaired) electrons. The highest BCUT2D eigenvalue weighted by Crippen LogP contribution is 2.10. The fourth-order valence-electron chi connectivity index (χ4n) is 2.99. The van der Waals surface area contributed by atoms with Crippen LogP contribution in [0.5, 0.6) is 0 Å². The van der Waals surface area contributed by atoms with Crippen molar-refractivity contribution in [1.29, 1.82) is 0 Å². The molecule has 0 spiro atoms. The Morgan fingerprint density at radius 3 is 2.00 bits per heavy atom. The average Bonchev–Trinajstić information content (AvgIpc) is 3.02. The minimum atomic E-state index is 0. The lowest BCUT2D eigenvalue weighted by Gasteiger charge is -2.35. The van der Waals surface area contributed by atoms with Crippen molar-refractivity contribution in [2.45, 2.75) is 25.7 Å². The number of carbonyl (C=O) groups excluding carboxylic acids is 2. The highest BCUT2D eigenvalue weighted by molar-refractivity contribution is 5.85. The first kappa shape index (κ1) is 22.4. The number of nitrogens with zero attached hydrogens (tertiary/aromatic N) is 3. The number of piperazine rings is 1. The van der Waals surface area contributed by atoms with E-state index in [-0.39, 0.29) is 36.6 Å². The molecule has 0 unspecified atom stereocenters. The van der Waals surface area contributed by atoms with Gasteiger partial charge in [-0.3, -0.25) is 14.5 Å². The summed E-state index contributed by atoms with van der Waals surface area (Å²) in [5, 5.41) is 3.06. The fourth-order valence-corrected chi connectivity index (χ4v) is 2.99. The molecule has 0 atom stereocenters. The Hall–Kier alpha value is -0.560. The molecule has 0 saturated carbocycles.